The third-order valence-corrected chi connectivity index (χ3v) is 2.54. The molecule has 0 aliphatic carbocycles. The van der Waals surface area contributed by atoms with E-state index in [4.69, 9.17) is 5.26 Å². The van der Waals surface area contributed by atoms with Crippen LogP contribution < -0.4 is 0 Å². The van der Waals surface area contributed by atoms with Crippen LogP contribution in [-0.4, -0.2) is 5.78 Å². The van der Waals surface area contributed by atoms with Crippen LogP contribution in [0, 0.1) is 11.3 Å². The molecule has 2 aromatic carbocycles. The molecule has 0 amide bonds. The van der Waals surface area contributed by atoms with Gasteiger partial charge in [0, 0.05) is 5.56 Å². The summed E-state index contributed by atoms with van der Waals surface area (Å²) in [4.78, 5) is 11.1. The Labute approximate surface area is 106 Å². The van der Waals surface area contributed by atoms with Gasteiger partial charge in [0.15, 0.2) is 0 Å². The van der Waals surface area contributed by atoms with E-state index in [2.05, 4.69) is 0 Å². The fraction of sp³-hybridized carbons (Fsp3) is 0. The molecule has 2 aromatic rings. The molecule has 2 nitrogen and oxygen atoms in total. The third kappa shape index (κ3) is 2.93. The first kappa shape index (κ1) is 11.8. The van der Waals surface area contributed by atoms with Crippen molar-refractivity contribution >= 4 is 17.9 Å². The van der Waals surface area contributed by atoms with Crippen molar-refractivity contribution in [3.8, 4) is 6.07 Å². The van der Waals surface area contributed by atoms with Gasteiger partial charge in [-0.2, -0.15) is 5.26 Å². The molecule has 0 atom stereocenters. The van der Waals surface area contributed by atoms with Gasteiger partial charge in [-0.05, 0) is 23.3 Å². The van der Waals surface area contributed by atoms with Gasteiger partial charge >= 0.3 is 0 Å². The van der Waals surface area contributed by atoms with Gasteiger partial charge < -0.3 is 0 Å². The number of nitrogens with zero attached hydrogens (tertiary/aromatic N) is 1. The third-order valence-electron chi connectivity index (χ3n) is 2.54. The van der Waals surface area contributed by atoms with Crippen molar-refractivity contribution in [2.24, 2.45) is 0 Å². The molecule has 0 fully saturated rings. The van der Waals surface area contributed by atoms with Crippen molar-refractivity contribution in [3.63, 3.8) is 0 Å². The van der Waals surface area contributed by atoms with Crippen molar-refractivity contribution in [2.45, 2.75) is 0 Å². The average Bonchev–Trinajstić information content (AvgIpc) is 2.46. The van der Waals surface area contributed by atoms with E-state index in [1.165, 1.54) is 0 Å². The largest absolute Gasteiger partial charge is 0.277 e. The second kappa shape index (κ2) is 5.60. The first-order valence-corrected chi connectivity index (χ1v) is 5.57. The zero-order chi connectivity index (χ0) is 12.8. The second-order valence-electron chi connectivity index (χ2n) is 3.81. The van der Waals surface area contributed by atoms with E-state index in [0.29, 0.717) is 5.56 Å². The van der Waals surface area contributed by atoms with E-state index in [0.717, 1.165) is 11.1 Å². The summed E-state index contributed by atoms with van der Waals surface area (Å²) in [7, 11) is 0. The van der Waals surface area contributed by atoms with Gasteiger partial charge in [0.1, 0.15) is 6.07 Å². The van der Waals surface area contributed by atoms with Crippen LogP contribution in [0.25, 0.3) is 12.2 Å². The predicted molar refractivity (Wildman–Crippen MR) is 71.8 cm³/mol. The quantitative estimate of drug-likeness (QED) is 0.462. The molecule has 0 saturated carbocycles. The van der Waals surface area contributed by atoms with Gasteiger partial charge in [0.2, 0.25) is 0 Å². The van der Waals surface area contributed by atoms with E-state index in [-0.39, 0.29) is 0 Å². The summed E-state index contributed by atoms with van der Waals surface area (Å²) in [5.41, 5.74) is 2.54. The molecule has 18 heavy (non-hydrogen) atoms. The van der Waals surface area contributed by atoms with Crippen LogP contribution in [-0.2, 0) is 0 Å². The minimum Gasteiger partial charge on any atom is -0.277 e. The van der Waals surface area contributed by atoms with E-state index in [1.807, 2.05) is 54.6 Å². The van der Waals surface area contributed by atoms with Gasteiger partial charge in [0.05, 0.1) is 0 Å². The maximum atomic E-state index is 11.1. The SMILES string of the molecule is N#CC(=O)c1ccc(/C=C/c2ccccc2)cc1. The number of Topliss-reactive ketones (excluding diaryl/α,β-unsaturated/α-hetero) is 1. The monoisotopic (exact) mass is 233 g/mol. The highest BCUT2D eigenvalue weighted by Crippen LogP contribution is 2.10. The molecule has 0 aliphatic rings. The lowest BCUT2D eigenvalue weighted by Crippen LogP contribution is -1.93. The van der Waals surface area contributed by atoms with Crippen LogP contribution in [0.15, 0.2) is 54.6 Å². The molecule has 2 rings (SSSR count). The minimum atomic E-state index is -0.506. The van der Waals surface area contributed by atoms with Gasteiger partial charge in [-0.3, -0.25) is 4.79 Å². The van der Waals surface area contributed by atoms with Gasteiger partial charge in [-0.1, -0.05) is 54.6 Å². The number of nitriles is 1. The van der Waals surface area contributed by atoms with Crippen LogP contribution in [0.5, 0.6) is 0 Å². The highest BCUT2D eigenvalue weighted by molar-refractivity contribution is 6.07. The molecule has 0 aliphatic heterocycles. The van der Waals surface area contributed by atoms with Gasteiger partial charge in [-0.15, -0.1) is 0 Å². The lowest BCUT2D eigenvalue weighted by atomic mass is 10.1. The second-order valence-corrected chi connectivity index (χ2v) is 3.81. The maximum Gasteiger partial charge on any atom is 0.262 e. The number of benzene rings is 2. The fourth-order valence-electron chi connectivity index (χ4n) is 1.57. The molecular formula is C16H11NO. The van der Waals surface area contributed by atoms with Crippen LogP contribution in [0.1, 0.15) is 21.5 Å². The molecule has 0 unspecified atom stereocenters. The summed E-state index contributed by atoms with van der Waals surface area (Å²) in [5, 5.41) is 8.50. The van der Waals surface area contributed by atoms with E-state index >= 15 is 0 Å². The minimum absolute atomic E-state index is 0.425. The molecular weight excluding hydrogens is 222 g/mol. The van der Waals surface area contributed by atoms with Crippen LogP contribution in [0.3, 0.4) is 0 Å². The standard InChI is InChI=1S/C16H11NO/c17-12-16(18)15-10-8-14(9-11-15)7-6-13-4-2-1-3-5-13/h1-11H/b7-6+. The van der Waals surface area contributed by atoms with E-state index < -0.39 is 5.78 Å². The summed E-state index contributed by atoms with van der Waals surface area (Å²) >= 11 is 0. The highest BCUT2D eigenvalue weighted by atomic mass is 16.1. The fourth-order valence-corrected chi connectivity index (χ4v) is 1.57. The molecule has 0 spiro atoms. The Morgan fingerprint density at radius 3 is 2.00 bits per heavy atom. The van der Waals surface area contributed by atoms with Crippen LogP contribution in [0.4, 0.5) is 0 Å². The average molecular weight is 233 g/mol. The number of hydrogen-bond donors (Lipinski definition) is 0. The molecule has 0 saturated heterocycles. The Bertz CT molecular complexity index is 604. The van der Waals surface area contributed by atoms with Crippen molar-refractivity contribution in [1.82, 2.24) is 0 Å². The number of carbonyl (C=O) groups excluding carboxylic acids is 1. The molecule has 0 N–H and O–H groups in total. The van der Waals surface area contributed by atoms with Crippen LogP contribution >= 0.6 is 0 Å². The molecule has 0 aromatic heterocycles. The predicted octanol–water partition coefficient (Wildman–Crippen LogP) is 3.56. The molecule has 86 valence electrons. The smallest absolute Gasteiger partial charge is 0.262 e. The molecule has 0 radical (unpaired) electrons. The summed E-state index contributed by atoms with van der Waals surface area (Å²) in [6.07, 6.45) is 3.97. The number of ketones is 1. The summed E-state index contributed by atoms with van der Waals surface area (Å²) < 4.78 is 0. The Kier molecular flexibility index (Phi) is 3.68. The number of carbonyl (C=O) groups is 1. The molecule has 0 bridgehead atoms. The van der Waals surface area contributed by atoms with Crippen molar-refractivity contribution < 1.29 is 4.79 Å². The molecule has 0 heterocycles. The zero-order valence-corrected chi connectivity index (χ0v) is 9.71. The Morgan fingerprint density at radius 1 is 0.889 bits per heavy atom. The van der Waals surface area contributed by atoms with Gasteiger partial charge in [-0.25, -0.2) is 0 Å². The molecule has 2 heteroatoms. The Balaban J connectivity index is 2.14. The Hall–Kier alpha value is -2.66. The Morgan fingerprint density at radius 2 is 1.44 bits per heavy atom. The summed E-state index contributed by atoms with van der Waals surface area (Å²) in [6.45, 7) is 0. The maximum absolute atomic E-state index is 11.1. The summed E-state index contributed by atoms with van der Waals surface area (Å²) in [6, 6.07) is 18.5. The highest BCUT2D eigenvalue weighted by Gasteiger charge is 2.01. The van der Waals surface area contributed by atoms with E-state index in [1.54, 1.807) is 18.2 Å². The van der Waals surface area contributed by atoms with Crippen molar-refractivity contribution in [2.75, 3.05) is 0 Å². The zero-order valence-electron chi connectivity index (χ0n) is 9.71. The van der Waals surface area contributed by atoms with Gasteiger partial charge in [0.25, 0.3) is 5.78 Å². The lowest BCUT2D eigenvalue weighted by Gasteiger charge is -1.96. The lowest BCUT2D eigenvalue weighted by molar-refractivity contribution is 0.105. The van der Waals surface area contributed by atoms with E-state index in [9.17, 15) is 4.79 Å². The first-order valence-electron chi connectivity index (χ1n) is 5.57. The topological polar surface area (TPSA) is 40.9 Å². The van der Waals surface area contributed by atoms with Crippen molar-refractivity contribution in [1.29, 1.82) is 5.26 Å². The number of rotatable bonds is 3. The normalized spacial score (nSPS) is 10.2. The first-order chi connectivity index (χ1) is 8.79. The number of hydrogen-bond acceptors (Lipinski definition) is 2. The summed E-state index contributed by atoms with van der Waals surface area (Å²) in [5.74, 6) is -0.506. The van der Waals surface area contributed by atoms with Crippen LogP contribution in [0.2, 0.25) is 0 Å². The van der Waals surface area contributed by atoms with Crippen molar-refractivity contribution in [3.05, 3.63) is 71.3 Å².